The lowest BCUT2D eigenvalue weighted by Crippen LogP contribution is -2.55. The minimum atomic E-state index is -4.55. The van der Waals surface area contributed by atoms with Crippen molar-refractivity contribution in [3.8, 4) is 0 Å². The molecule has 1 aromatic heterocycles. The zero-order valence-electron chi connectivity index (χ0n) is 11.9. The Hall–Kier alpha value is -1.80. The number of carbonyl (C=O) groups excluding carboxylic acids is 1. The highest BCUT2D eigenvalue weighted by molar-refractivity contribution is 5.83. The first kappa shape index (κ1) is 15.1. The number of carbonyl (C=O) groups is 1. The van der Waals surface area contributed by atoms with Crippen molar-refractivity contribution in [1.82, 2.24) is 19.7 Å². The van der Waals surface area contributed by atoms with Gasteiger partial charge in [0.1, 0.15) is 5.41 Å². The van der Waals surface area contributed by atoms with Crippen LogP contribution in [0, 0.1) is 5.41 Å². The summed E-state index contributed by atoms with van der Waals surface area (Å²) in [5, 5.41) is 6.02. The number of nitrogens with zero attached hydrogens (tertiary/aromatic N) is 3. The van der Waals surface area contributed by atoms with Crippen molar-refractivity contribution in [3.63, 3.8) is 0 Å². The second kappa shape index (κ2) is 5.13. The number of aromatic amines is 1. The average molecular weight is 318 g/mol. The van der Waals surface area contributed by atoms with E-state index in [9.17, 15) is 22.8 Å². The van der Waals surface area contributed by atoms with Gasteiger partial charge in [0, 0.05) is 13.1 Å². The third-order valence-electron chi connectivity index (χ3n) is 4.71. The summed E-state index contributed by atoms with van der Waals surface area (Å²) in [6, 6.07) is 0. The fourth-order valence-corrected chi connectivity index (χ4v) is 3.42. The van der Waals surface area contributed by atoms with E-state index in [1.165, 1.54) is 9.47 Å². The van der Waals surface area contributed by atoms with Crippen LogP contribution in [0.3, 0.4) is 0 Å². The molecule has 2 aliphatic rings. The SMILES string of the molecule is O=C(N1CCn2c(n[nH]c2=O)C1)C1(C(F)(F)F)CCCCC1. The Bertz CT molecular complexity index is 628. The van der Waals surface area contributed by atoms with Gasteiger partial charge in [0.2, 0.25) is 5.91 Å². The Labute approximate surface area is 124 Å². The lowest BCUT2D eigenvalue weighted by Gasteiger charge is -2.41. The molecule has 2 heterocycles. The minimum Gasteiger partial charge on any atom is -0.333 e. The summed E-state index contributed by atoms with van der Waals surface area (Å²) >= 11 is 0. The molecule has 1 aliphatic carbocycles. The molecule has 6 nitrogen and oxygen atoms in total. The van der Waals surface area contributed by atoms with Gasteiger partial charge in [-0.25, -0.2) is 9.89 Å². The number of fused-ring (bicyclic) bond motifs is 1. The van der Waals surface area contributed by atoms with Crippen molar-refractivity contribution in [1.29, 1.82) is 0 Å². The van der Waals surface area contributed by atoms with Crippen molar-refractivity contribution in [2.24, 2.45) is 5.41 Å². The molecule has 1 N–H and O–H groups in total. The molecular weight excluding hydrogens is 301 g/mol. The Balaban J connectivity index is 1.87. The molecule has 0 unspecified atom stereocenters. The lowest BCUT2D eigenvalue weighted by molar-refractivity contribution is -0.236. The van der Waals surface area contributed by atoms with Crippen molar-refractivity contribution >= 4 is 5.91 Å². The number of alkyl halides is 3. The highest BCUT2D eigenvalue weighted by atomic mass is 19.4. The van der Waals surface area contributed by atoms with E-state index in [0.29, 0.717) is 18.7 Å². The van der Waals surface area contributed by atoms with E-state index in [1.54, 1.807) is 0 Å². The van der Waals surface area contributed by atoms with Crippen LogP contribution in [-0.4, -0.2) is 38.3 Å². The van der Waals surface area contributed by atoms with E-state index in [1.807, 2.05) is 0 Å². The van der Waals surface area contributed by atoms with Gasteiger partial charge < -0.3 is 4.90 Å². The molecule has 1 aliphatic heterocycles. The van der Waals surface area contributed by atoms with E-state index in [0.717, 1.165) is 6.42 Å². The third kappa shape index (κ3) is 2.22. The summed E-state index contributed by atoms with van der Waals surface area (Å²) in [5.74, 6) is -0.570. The second-order valence-electron chi connectivity index (χ2n) is 5.96. The zero-order valence-corrected chi connectivity index (χ0v) is 11.9. The van der Waals surface area contributed by atoms with Crippen molar-refractivity contribution in [2.75, 3.05) is 6.54 Å². The van der Waals surface area contributed by atoms with E-state index >= 15 is 0 Å². The van der Waals surface area contributed by atoms with Gasteiger partial charge in [-0.1, -0.05) is 19.3 Å². The van der Waals surface area contributed by atoms with E-state index < -0.39 is 23.2 Å². The van der Waals surface area contributed by atoms with Crippen LogP contribution < -0.4 is 5.69 Å². The van der Waals surface area contributed by atoms with Crippen LogP contribution >= 0.6 is 0 Å². The Kier molecular flexibility index (Phi) is 3.53. The topological polar surface area (TPSA) is 71.0 Å². The van der Waals surface area contributed by atoms with Gasteiger partial charge in [-0.05, 0) is 12.8 Å². The first-order valence-electron chi connectivity index (χ1n) is 7.35. The molecule has 0 spiro atoms. The van der Waals surface area contributed by atoms with Crippen LogP contribution in [0.25, 0.3) is 0 Å². The second-order valence-corrected chi connectivity index (χ2v) is 5.96. The summed E-state index contributed by atoms with van der Waals surface area (Å²) in [6.07, 6.45) is -3.31. The summed E-state index contributed by atoms with van der Waals surface area (Å²) in [6.45, 7) is 0.211. The molecule has 0 saturated heterocycles. The summed E-state index contributed by atoms with van der Waals surface area (Å²) in [7, 11) is 0. The maximum atomic E-state index is 13.6. The molecule has 1 saturated carbocycles. The Morgan fingerprint density at radius 3 is 2.50 bits per heavy atom. The van der Waals surface area contributed by atoms with Crippen LogP contribution in [0.1, 0.15) is 37.9 Å². The number of hydrogen-bond donors (Lipinski definition) is 1. The molecule has 1 aromatic rings. The molecule has 9 heteroatoms. The molecule has 0 radical (unpaired) electrons. The summed E-state index contributed by atoms with van der Waals surface area (Å²) in [5.41, 5.74) is -2.67. The zero-order chi connectivity index (χ0) is 16.0. The lowest BCUT2D eigenvalue weighted by atomic mass is 9.72. The molecule has 1 fully saturated rings. The van der Waals surface area contributed by atoms with Gasteiger partial charge in [0.25, 0.3) is 0 Å². The predicted octanol–water partition coefficient (Wildman–Crippen LogP) is 1.43. The number of hydrogen-bond acceptors (Lipinski definition) is 3. The van der Waals surface area contributed by atoms with E-state index in [2.05, 4.69) is 10.2 Å². The Morgan fingerprint density at radius 2 is 1.86 bits per heavy atom. The quantitative estimate of drug-likeness (QED) is 0.851. The third-order valence-corrected chi connectivity index (χ3v) is 4.71. The molecule has 122 valence electrons. The first-order valence-corrected chi connectivity index (χ1v) is 7.35. The Morgan fingerprint density at radius 1 is 1.18 bits per heavy atom. The van der Waals surface area contributed by atoms with Gasteiger partial charge in [0.05, 0.1) is 6.54 Å². The van der Waals surface area contributed by atoms with Crippen molar-refractivity contribution in [2.45, 2.75) is 51.4 Å². The maximum absolute atomic E-state index is 13.6. The van der Waals surface area contributed by atoms with Gasteiger partial charge in [-0.2, -0.15) is 18.3 Å². The minimum absolute atomic E-state index is 0.0601. The van der Waals surface area contributed by atoms with Crippen LogP contribution in [0.4, 0.5) is 13.2 Å². The predicted molar refractivity (Wildman–Crippen MR) is 69.8 cm³/mol. The van der Waals surface area contributed by atoms with Gasteiger partial charge in [-0.15, -0.1) is 0 Å². The molecule has 0 atom stereocenters. The van der Waals surface area contributed by atoms with Crippen LogP contribution in [0.15, 0.2) is 4.79 Å². The smallest absolute Gasteiger partial charge is 0.333 e. The van der Waals surface area contributed by atoms with E-state index in [4.69, 9.17) is 0 Å². The monoisotopic (exact) mass is 318 g/mol. The summed E-state index contributed by atoms with van der Waals surface area (Å²) in [4.78, 5) is 25.2. The number of nitrogens with one attached hydrogen (secondary N) is 1. The van der Waals surface area contributed by atoms with Crippen LogP contribution in [0.5, 0.6) is 0 Å². The van der Waals surface area contributed by atoms with Crippen molar-refractivity contribution < 1.29 is 18.0 Å². The standard InChI is InChI=1S/C13H17F3N4O2/c14-13(15,16)12(4-2-1-3-5-12)10(21)19-6-7-20-9(8-19)17-18-11(20)22/h1-8H2,(H,18,22). The van der Waals surface area contributed by atoms with Crippen LogP contribution in [0.2, 0.25) is 0 Å². The fourth-order valence-electron chi connectivity index (χ4n) is 3.42. The van der Waals surface area contributed by atoms with Gasteiger partial charge in [-0.3, -0.25) is 9.36 Å². The molecule has 1 amide bonds. The highest BCUT2D eigenvalue weighted by Gasteiger charge is 2.61. The van der Waals surface area contributed by atoms with E-state index in [-0.39, 0.29) is 32.5 Å². The van der Waals surface area contributed by atoms with Gasteiger partial charge in [0.15, 0.2) is 5.82 Å². The highest BCUT2D eigenvalue weighted by Crippen LogP contribution is 2.50. The number of H-pyrrole nitrogens is 1. The molecule has 3 rings (SSSR count). The average Bonchev–Trinajstić information content (AvgIpc) is 2.87. The normalized spacial score (nSPS) is 21.5. The fraction of sp³-hybridized carbons (Fsp3) is 0.769. The number of halogens is 3. The van der Waals surface area contributed by atoms with Crippen LogP contribution in [-0.2, 0) is 17.9 Å². The first-order chi connectivity index (χ1) is 10.3. The largest absolute Gasteiger partial charge is 0.403 e. The molecular formula is C13H17F3N4O2. The molecule has 22 heavy (non-hydrogen) atoms. The number of aromatic nitrogens is 3. The van der Waals surface area contributed by atoms with Crippen molar-refractivity contribution in [3.05, 3.63) is 16.3 Å². The number of amides is 1. The number of rotatable bonds is 1. The van der Waals surface area contributed by atoms with Gasteiger partial charge >= 0.3 is 11.9 Å². The molecule has 0 aromatic carbocycles. The summed E-state index contributed by atoms with van der Waals surface area (Å²) < 4.78 is 42.1. The maximum Gasteiger partial charge on any atom is 0.403 e. The molecule has 0 bridgehead atoms.